The summed E-state index contributed by atoms with van der Waals surface area (Å²) in [5, 5.41) is 4.69. The van der Waals surface area contributed by atoms with Crippen molar-refractivity contribution in [2.75, 3.05) is 13.2 Å². The van der Waals surface area contributed by atoms with E-state index in [1.165, 1.54) is 12.1 Å². The van der Waals surface area contributed by atoms with Crippen LogP contribution in [0.15, 0.2) is 40.9 Å². The first-order chi connectivity index (χ1) is 13.1. The number of esters is 1. The Labute approximate surface area is 163 Å². The summed E-state index contributed by atoms with van der Waals surface area (Å²) in [4.78, 5) is 16.5. The predicted octanol–water partition coefficient (Wildman–Crippen LogP) is 4.17. The molecule has 0 radical (unpaired) electrons. The number of aromatic nitrogens is 2. The third-order valence-corrected chi connectivity index (χ3v) is 4.23. The van der Waals surface area contributed by atoms with Crippen LogP contribution in [0.1, 0.15) is 16.2 Å². The maximum absolute atomic E-state index is 12.3. The Bertz CT molecular complexity index is 1010. The number of halogens is 2. The van der Waals surface area contributed by atoms with Crippen LogP contribution in [0, 0.1) is 0 Å². The third kappa shape index (κ3) is 3.84. The summed E-state index contributed by atoms with van der Waals surface area (Å²) in [6.45, 7) is 0.608. The lowest BCUT2D eigenvalue weighted by molar-refractivity contribution is 0.0429. The normalized spacial score (nSPS) is 12.7. The zero-order valence-electron chi connectivity index (χ0n) is 13.8. The van der Waals surface area contributed by atoms with E-state index < -0.39 is 5.97 Å². The van der Waals surface area contributed by atoms with Gasteiger partial charge < -0.3 is 18.7 Å². The molecule has 0 unspecified atom stereocenters. The molecule has 7 nitrogen and oxygen atoms in total. The molecule has 0 N–H and O–H groups in total. The van der Waals surface area contributed by atoms with Crippen LogP contribution in [0.25, 0.3) is 11.4 Å². The van der Waals surface area contributed by atoms with Crippen molar-refractivity contribution in [3.05, 3.63) is 57.9 Å². The first kappa shape index (κ1) is 17.6. The van der Waals surface area contributed by atoms with Crippen LogP contribution in [-0.2, 0) is 11.3 Å². The van der Waals surface area contributed by atoms with Crippen LogP contribution >= 0.6 is 23.2 Å². The molecule has 0 saturated heterocycles. The molecule has 0 aliphatic carbocycles. The molecule has 2 aromatic carbocycles. The molecule has 138 valence electrons. The molecule has 0 atom stereocenters. The number of rotatable bonds is 4. The van der Waals surface area contributed by atoms with Gasteiger partial charge in [0.05, 0.1) is 10.6 Å². The number of carbonyl (C=O) groups is 1. The largest absolute Gasteiger partial charge is 0.486 e. The minimum Gasteiger partial charge on any atom is -0.486 e. The van der Waals surface area contributed by atoms with Crippen molar-refractivity contribution in [2.24, 2.45) is 0 Å². The van der Waals surface area contributed by atoms with Crippen LogP contribution in [0.5, 0.6) is 11.5 Å². The van der Waals surface area contributed by atoms with Crippen molar-refractivity contribution < 1.29 is 23.5 Å². The summed E-state index contributed by atoms with van der Waals surface area (Å²) in [5.74, 6) is 0.730. The Morgan fingerprint density at radius 1 is 1.15 bits per heavy atom. The van der Waals surface area contributed by atoms with E-state index in [1.54, 1.807) is 24.3 Å². The Morgan fingerprint density at radius 3 is 2.85 bits per heavy atom. The van der Waals surface area contributed by atoms with Gasteiger partial charge in [0, 0.05) is 10.6 Å². The molecular formula is C18H12Cl2N2O5. The number of carbonyl (C=O) groups excluding carboxylic acids is 1. The molecule has 1 aromatic heterocycles. The number of hydrogen-bond acceptors (Lipinski definition) is 7. The van der Waals surface area contributed by atoms with Gasteiger partial charge in [0.1, 0.15) is 13.2 Å². The summed E-state index contributed by atoms with van der Waals surface area (Å²) in [6.07, 6.45) is 0. The van der Waals surface area contributed by atoms with Crippen molar-refractivity contribution >= 4 is 29.2 Å². The van der Waals surface area contributed by atoms with Crippen LogP contribution in [0.2, 0.25) is 10.0 Å². The van der Waals surface area contributed by atoms with Gasteiger partial charge in [-0.2, -0.15) is 4.98 Å². The fourth-order valence-corrected chi connectivity index (χ4v) is 2.95. The molecule has 4 rings (SSSR count). The van der Waals surface area contributed by atoms with Gasteiger partial charge in [0.25, 0.3) is 5.89 Å². The summed E-state index contributed by atoms with van der Waals surface area (Å²) in [6, 6.07) is 10.0. The topological polar surface area (TPSA) is 83.7 Å². The highest BCUT2D eigenvalue weighted by atomic mass is 35.5. The maximum Gasteiger partial charge on any atom is 0.338 e. The Kier molecular flexibility index (Phi) is 4.87. The molecular weight excluding hydrogens is 395 g/mol. The second-order valence-corrected chi connectivity index (χ2v) is 6.42. The molecule has 0 spiro atoms. The van der Waals surface area contributed by atoms with Gasteiger partial charge in [-0.25, -0.2) is 4.79 Å². The van der Waals surface area contributed by atoms with E-state index in [1.807, 2.05) is 0 Å². The smallest absolute Gasteiger partial charge is 0.338 e. The van der Waals surface area contributed by atoms with Gasteiger partial charge in [-0.15, -0.1) is 0 Å². The van der Waals surface area contributed by atoms with E-state index >= 15 is 0 Å². The summed E-state index contributed by atoms with van der Waals surface area (Å²) < 4.78 is 21.2. The molecule has 1 aliphatic heterocycles. The highest BCUT2D eigenvalue weighted by Crippen LogP contribution is 2.38. The fraction of sp³-hybridized carbons (Fsp3) is 0.167. The van der Waals surface area contributed by atoms with E-state index in [0.29, 0.717) is 41.1 Å². The molecule has 9 heteroatoms. The SMILES string of the molecule is O=C(OCc1nc(-c2cccc(Cl)c2)no1)c1cc(Cl)c2c(c1)OCCO2. The minimum absolute atomic E-state index is 0.155. The monoisotopic (exact) mass is 406 g/mol. The molecule has 0 bridgehead atoms. The lowest BCUT2D eigenvalue weighted by Crippen LogP contribution is -2.16. The van der Waals surface area contributed by atoms with Crippen molar-refractivity contribution in [3.8, 4) is 22.9 Å². The van der Waals surface area contributed by atoms with Crippen molar-refractivity contribution in [2.45, 2.75) is 6.61 Å². The van der Waals surface area contributed by atoms with E-state index in [4.69, 9.17) is 41.9 Å². The summed E-state index contributed by atoms with van der Waals surface area (Å²) in [5.41, 5.74) is 0.932. The molecule has 1 aliphatic rings. The number of nitrogens with zero attached hydrogens (tertiary/aromatic N) is 2. The second kappa shape index (κ2) is 7.46. The van der Waals surface area contributed by atoms with Gasteiger partial charge in [-0.1, -0.05) is 40.5 Å². The lowest BCUT2D eigenvalue weighted by atomic mass is 10.2. The van der Waals surface area contributed by atoms with Crippen LogP contribution in [-0.4, -0.2) is 29.3 Å². The molecule has 0 amide bonds. The molecule has 27 heavy (non-hydrogen) atoms. The zero-order valence-corrected chi connectivity index (χ0v) is 15.3. The average Bonchev–Trinajstić information content (AvgIpc) is 3.15. The number of fused-ring (bicyclic) bond motifs is 1. The summed E-state index contributed by atoms with van der Waals surface area (Å²) >= 11 is 12.1. The number of ether oxygens (including phenoxy) is 3. The Hall–Kier alpha value is -2.77. The fourth-order valence-electron chi connectivity index (χ4n) is 2.50. The average molecular weight is 407 g/mol. The van der Waals surface area contributed by atoms with Crippen molar-refractivity contribution in [1.29, 1.82) is 0 Å². The minimum atomic E-state index is -0.601. The molecule has 0 fully saturated rings. The first-order valence-electron chi connectivity index (χ1n) is 7.95. The molecule has 0 saturated carbocycles. The van der Waals surface area contributed by atoms with E-state index in [-0.39, 0.29) is 23.1 Å². The summed E-state index contributed by atoms with van der Waals surface area (Å²) in [7, 11) is 0. The van der Waals surface area contributed by atoms with Gasteiger partial charge in [0.15, 0.2) is 18.1 Å². The zero-order chi connectivity index (χ0) is 18.8. The van der Waals surface area contributed by atoms with E-state index in [0.717, 1.165) is 0 Å². The van der Waals surface area contributed by atoms with Crippen molar-refractivity contribution in [3.63, 3.8) is 0 Å². The lowest BCUT2D eigenvalue weighted by Gasteiger charge is -2.19. The predicted molar refractivity (Wildman–Crippen MR) is 96.3 cm³/mol. The first-order valence-corrected chi connectivity index (χ1v) is 8.70. The van der Waals surface area contributed by atoms with Crippen LogP contribution < -0.4 is 9.47 Å². The van der Waals surface area contributed by atoms with Gasteiger partial charge in [-0.3, -0.25) is 0 Å². The number of benzene rings is 2. The van der Waals surface area contributed by atoms with Gasteiger partial charge >= 0.3 is 5.97 Å². The van der Waals surface area contributed by atoms with Gasteiger partial charge in [-0.05, 0) is 24.3 Å². The molecule has 2 heterocycles. The van der Waals surface area contributed by atoms with Crippen LogP contribution in [0.3, 0.4) is 0 Å². The van der Waals surface area contributed by atoms with Crippen LogP contribution in [0.4, 0.5) is 0 Å². The standard InChI is InChI=1S/C18H12Cl2N2O5/c19-12-3-1-2-10(6-12)17-21-15(27-22-17)9-26-18(23)11-7-13(20)16-14(8-11)24-4-5-25-16/h1-3,6-8H,4-5,9H2. The Morgan fingerprint density at radius 2 is 2.00 bits per heavy atom. The van der Waals surface area contributed by atoms with E-state index in [9.17, 15) is 4.79 Å². The Balaban J connectivity index is 1.45. The molecule has 3 aromatic rings. The highest BCUT2D eigenvalue weighted by Gasteiger charge is 2.20. The maximum atomic E-state index is 12.3. The van der Waals surface area contributed by atoms with Gasteiger partial charge in [0.2, 0.25) is 5.82 Å². The highest BCUT2D eigenvalue weighted by molar-refractivity contribution is 6.32. The quantitative estimate of drug-likeness (QED) is 0.600. The second-order valence-electron chi connectivity index (χ2n) is 5.58. The van der Waals surface area contributed by atoms with Crippen molar-refractivity contribution in [1.82, 2.24) is 10.1 Å². The number of hydrogen-bond donors (Lipinski definition) is 0. The van der Waals surface area contributed by atoms with E-state index in [2.05, 4.69) is 10.1 Å². The third-order valence-electron chi connectivity index (χ3n) is 3.71.